The Hall–Kier alpha value is -3.19. The Morgan fingerprint density at radius 3 is 2.48 bits per heavy atom. The molecule has 0 atom stereocenters. The molecule has 0 saturated carbocycles. The maximum atomic E-state index is 12.8. The van der Waals surface area contributed by atoms with Gasteiger partial charge in [0.15, 0.2) is 0 Å². The molecule has 0 unspecified atom stereocenters. The van der Waals surface area contributed by atoms with Gasteiger partial charge in [0.05, 0.1) is 23.0 Å². The maximum Gasteiger partial charge on any atom is 0.257 e. The van der Waals surface area contributed by atoms with Gasteiger partial charge in [0.1, 0.15) is 0 Å². The van der Waals surface area contributed by atoms with E-state index in [1.54, 1.807) is 58.6 Å². The number of pyridine rings is 1. The number of rotatable bonds is 4. The summed E-state index contributed by atoms with van der Waals surface area (Å²) in [5.41, 5.74) is 1.92. The van der Waals surface area contributed by atoms with Crippen LogP contribution < -0.4 is 5.32 Å². The molecule has 1 N–H and O–H groups in total. The summed E-state index contributed by atoms with van der Waals surface area (Å²) >= 11 is 5.91. The van der Waals surface area contributed by atoms with E-state index in [0.717, 1.165) is 5.69 Å². The fourth-order valence-electron chi connectivity index (χ4n) is 3.34. The molecule has 0 radical (unpaired) electrons. The van der Waals surface area contributed by atoms with Gasteiger partial charge in [-0.15, -0.1) is 0 Å². The predicted octanol–water partition coefficient (Wildman–Crippen LogP) is 2.96. The van der Waals surface area contributed by atoms with Crippen molar-refractivity contribution in [2.24, 2.45) is 0 Å². The minimum atomic E-state index is -0.132. The van der Waals surface area contributed by atoms with Crippen molar-refractivity contribution < 1.29 is 9.59 Å². The lowest BCUT2D eigenvalue weighted by Gasteiger charge is -2.32. The second-order valence-corrected chi connectivity index (χ2v) is 7.37. The lowest BCUT2D eigenvalue weighted by Crippen LogP contribution is -2.46. The molecule has 0 aliphatic carbocycles. The summed E-state index contributed by atoms with van der Waals surface area (Å²) in [6, 6.07) is 10.8. The number of piperidine rings is 1. The van der Waals surface area contributed by atoms with E-state index in [2.05, 4.69) is 15.4 Å². The Morgan fingerprint density at radius 2 is 1.79 bits per heavy atom. The number of carbonyl (C=O) groups is 2. The van der Waals surface area contributed by atoms with Crippen LogP contribution >= 0.6 is 11.6 Å². The molecule has 4 rings (SSSR count). The highest BCUT2D eigenvalue weighted by Crippen LogP contribution is 2.17. The molecule has 1 saturated heterocycles. The number of halogens is 1. The van der Waals surface area contributed by atoms with Crippen LogP contribution in [-0.2, 0) is 0 Å². The molecule has 29 heavy (non-hydrogen) atoms. The van der Waals surface area contributed by atoms with Crippen molar-refractivity contribution in [1.82, 2.24) is 25.0 Å². The standard InChI is InChI=1S/C21H20ClN5O2/c22-17-3-5-19(6-4-17)27-14-16(13-24-27)21(29)26-10-7-18(8-11-26)25-20(28)15-2-1-9-23-12-15/h1-6,9,12-14,18H,7-8,10-11H2,(H,25,28). The highest BCUT2D eigenvalue weighted by atomic mass is 35.5. The lowest BCUT2D eigenvalue weighted by atomic mass is 10.0. The second-order valence-electron chi connectivity index (χ2n) is 6.93. The summed E-state index contributed by atoms with van der Waals surface area (Å²) in [6.45, 7) is 1.17. The molecule has 1 aliphatic rings. The zero-order valence-electron chi connectivity index (χ0n) is 15.7. The topological polar surface area (TPSA) is 80.1 Å². The summed E-state index contributed by atoms with van der Waals surface area (Å²) in [6.07, 6.45) is 7.91. The van der Waals surface area contributed by atoms with E-state index in [1.807, 2.05) is 12.1 Å². The minimum absolute atomic E-state index is 0.0450. The number of likely N-dealkylation sites (tertiary alicyclic amines) is 1. The molecule has 1 aliphatic heterocycles. The molecule has 2 aromatic heterocycles. The van der Waals surface area contributed by atoms with Gasteiger partial charge in [0, 0.05) is 42.7 Å². The van der Waals surface area contributed by atoms with Crippen molar-refractivity contribution in [3.8, 4) is 5.69 Å². The molecule has 2 amide bonds. The number of nitrogens with zero attached hydrogens (tertiary/aromatic N) is 4. The molecule has 0 bridgehead atoms. The Morgan fingerprint density at radius 1 is 1.03 bits per heavy atom. The fraction of sp³-hybridized carbons (Fsp3) is 0.238. The van der Waals surface area contributed by atoms with Crippen molar-refractivity contribution in [3.63, 3.8) is 0 Å². The van der Waals surface area contributed by atoms with Gasteiger partial charge in [0.25, 0.3) is 11.8 Å². The third-order valence-electron chi connectivity index (χ3n) is 4.96. The van der Waals surface area contributed by atoms with E-state index >= 15 is 0 Å². The molecule has 3 aromatic rings. The largest absolute Gasteiger partial charge is 0.349 e. The molecular formula is C21H20ClN5O2. The van der Waals surface area contributed by atoms with Crippen LogP contribution in [0.3, 0.4) is 0 Å². The summed E-state index contributed by atoms with van der Waals surface area (Å²) in [5, 5.41) is 7.95. The van der Waals surface area contributed by atoms with E-state index in [0.29, 0.717) is 42.1 Å². The number of aromatic nitrogens is 3. The maximum absolute atomic E-state index is 12.8. The van der Waals surface area contributed by atoms with Gasteiger partial charge in [-0.25, -0.2) is 4.68 Å². The van der Waals surface area contributed by atoms with E-state index in [9.17, 15) is 9.59 Å². The van der Waals surface area contributed by atoms with Crippen LogP contribution in [0.15, 0.2) is 61.2 Å². The van der Waals surface area contributed by atoms with Gasteiger partial charge in [-0.2, -0.15) is 5.10 Å². The van der Waals surface area contributed by atoms with Gasteiger partial charge in [0.2, 0.25) is 0 Å². The van der Waals surface area contributed by atoms with Gasteiger partial charge in [-0.1, -0.05) is 11.6 Å². The Labute approximate surface area is 173 Å². The molecule has 8 heteroatoms. The summed E-state index contributed by atoms with van der Waals surface area (Å²) in [4.78, 5) is 30.8. The van der Waals surface area contributed by atoms with Crippen LogP contribution in [0.1, 0.15) is 33.6 Å². The highest BCUT2D eigenvalue weighted by molar-refractivity contribution is 6.30. The van der Waals surface area contributed by atoms with Gasteiger partial charge >= 0.3 is 0 Å². The van der Waals surface area contributed by atoms with E-state index < -0.39 is 0 Å². The first-order valence-corrected chi connectivity index (χ1v) is 9.79. The third kappa shape index (κ3) is 4.46. The van der Waals surface area contributed by atoms with Crippen molar-refractivity contribution in [2.45, 2.75) is 18.9 Å². The number of amides is 2. The van der Waals surface area contributed by atoms with E-state index in [4.69, 9.17) is 11.6 Å². The second kappa shape index (κ2) is 8.45. The highest BCUT2D eigenvalue weighted by Gasteiger charge is 2.25. The first-order chi connectivity index (χ1) is 14.1. The van der Waals surface area contributed by atoms with Crippen molar-refractivity contribution in [3.05, 3.63) is 77.3 Å². The lowest BCUT2D eigenvalue weighted by molar-refractivity contribution is 0.0698. The quantitative estimate of drug-likeness (QED) is 0.718. The number of carbonyl (C=O) groups excluding carboxylic acids is 2. The molecule has 1 fully saturated rings. The van der Waals surface area contributed by atoms with Crippen LogP contribution in [0.5, 0.6) is 0 Å². The molecule has 3 heterocycles. The van der Waals surface area contributed by atoms with Crippen LogP contribution in [0, 0.1) is 0 Å². The Kier molecular flexibility index (Phi) is 5.57. The molecule has 0 spiro atoms. The third-order valence-corrected chi connectivity index (χ3v) is 5.21. The predicted molar refractivity (Wildman–Crippen MR) is 109 cm³/mol. The zero-order valence-corrected chi connectivity index (χ0v) is 16.4. The SMILES string of the molecule is O=C(NC1CCN(C(=O)c2cnn(-c3ccc(Cl)cc3)c2)CC1)c1cccnc1. The number of hydrogen-bond donors (Lipinski definition) is 1. The summed E-state index contributed by atoms with van der Waals surface area (Å²) in [5.74, 6) is -0.186. The summed E-state index contributed by atoms with van der Waals surface area (Å²) < 4.78 is 1.66. The van der Waals surface area contributed by atoms with Crippen LogP contribution in [0.25, 0.3) is 5.69 Å². The van der Waals surface area contributed by atoms with Crippen LogP contribution in [-0.4, -0.2) is 50.6 Å². The Bertz CT molecular complexity index is 995. The molecular weight excluding hydrogens is 390 g/mol. The van der Waals surface area contributed by atoms with Crippen LogP contribution in [0.4, 0.5) is 0 Å². The molecule has 1 aromatic carbocycles. The van der Waals surface area contributed by atoms with Gasteiger partial charge in [-0.3, -0.25) is 14.6 Å². The number of hydrogen-bond acceptors (Lipinski definition) is 4. The zero-order chi connectivity index (χ0) is 20.2. The molecule has 7 nitrogen and oxygen atoms in total. The monoisotopic (exact) mass is 409 g/mol. The van der Waals surface area contributed by atoms with E-state index in [-0.39, 0.29) is 17.9 Å². The average molecular weight is 410 g/mol. The molecule has 148 valence electrons. The van der Waals surface area contributed by atoms with E-state index in [1.165, 1.54) is 0 Å². The minimum Gasteiger partial charge on any atom is -0.349 e. The van der Waals surface area contributed by atoms with Crippen molar-refractivity contribution in [1.29, 1.82) is 0 Å². The summed E-state index contributed by atoms with van der Waals surface area (Å²) in [7, 11) is 0. The Balaban J connectivity index is 1.33. The van der Waals surface area contributed by atoms with Crippen molar-refractivity contribution in [2.75, 3.05) is 13.1 Å². The first-order valence-electron chi connectivity index (χ1n) is 9.41. The van der Waals surface area contributed by atoms with Crippen molar-refractivity contribution >= 4 is 23.4 Å². The fourth-order valence-corrected chi connectivity index (χ4v) is 3.47. The average Bonchev–Trinajstić information content (AvgIpc) is 3.25. The smallest absolute Gasteiger partial charge is 0.257 e. The first kappa shape index (κ1) is 19.1. The van der Waals surface area contributed by atoms with Gasteiger partial charge < -0.3 is 10.2 Å². The number of benzene rings is 1. The normalized spacial score (nSPS) is 14.6. The number of nitrogens with one attached hydrogen (secondary N) is 1. The van der Waals surface area contributed by atoms with Crippen LogP contribution in [0.2, 0.25) is 5.02 Å². The van der Waals surface area contributed by atoms with Gasteiger partial charge in [-0.05, 0) is 49.2 Å².